The number of anilines is 1. The summed E-state index contributed by atoms with van der Waals surface area (Å²) in [5.41, 5.74) is -5.41. The number of alkyl halides is 3. The van der Waals surface area contributed by atoms with Crippen molar-refractivity contribution in [3.63, 3.8) is 0 Å². The molecule has 0 bridgehead atoms. The van der Waals surface area contributed by atoms with Crippen molar-refractivity contribution in [1.82, 2.24) is 0 Å². The molecule has 28 heavy (non-hydrogen) atoms. The van der Waals surface area contributed by atoms with Gasteiger partial charge in [0.25, 0.3) is 5.91 Å². The molecule has 0 atom stereocenters. The zero-order valence-electron chi connectivity index (χ0n) is 14.5. The van der Waals surface area contributed by atoms with Crippen LogP contribution in [0.2, 0.25) is 0 Å². The van der Waals surface area contributed by atoms with Crippen molar-refractivity contribution < 1.29 is 30.6 Å². The Kier molecular flexibility index (Phi) is 5.03. The van der Waals surface area contributed by atoms with Gasteiger partial charge in [-0.2, -0.15) is 21.6 Å². The second kappa shape index (κ2) is 7.16. The van der Waals surface area contributed by atoms with Crippen molar-refractivity contribution in [2.45, 2.75) is 5.51 Å². The fraction of sp³-hybridized carbons (Fsp3) is 0.105. The Morgan fingerprint density at radius 3 is 2.25 bits per heavy atom. The molecule has 0 aromatic heterocycles. The normalized spacial score (nSPS) is 12.0. The van der Waals surface area contributed by atoms with Crippen LogP contribution in [0.15, 0.2) is 66.7 Å². The van der Waals surface area contributed by atoms with Gasteiger partial charge in [0.05, 0.1) is 11.3 Å². The third-order valence-electron chi connectivity index (χ3n) is 4.03. The molecular formula is C19H14F3NO4S. The Bertz CT molecular complexity index is 1140. The molecule has 0 aliphatic heterocycles. The number of hydrogen-bond acceptors (Lipinski definition) is 4. The van der Waals surface area contributed by atoms with E-state index in [1.165, 1.54) is 30.1 Å². The topological polar surface area (TPSA) is 63.7 Å². The number of hydrogen-bond donors (Lipinski definition) is 0. The van der Waals surface area contributed by atoms with E-state index in [0.717, 1.165) is 16.8 Å². The molecule has 0 fully saturated rings. The van der Waals surface area contributed by atoms with Crippen LogP contribution in [0.5, 0.6) is 5.75 Å². The molecule has 0 saturated carbocycles. The molecule has 0 heterocycles. The molecule has 1 amide bonds. The molecule has 0 spiro atoms. The van der Waals surface area contributed by atoms with Crippen molar-refractivity contribution in [1.29, 1.82) is 0 Å². The molecule has 5 nitrogen and oxygen atoms in total. The molecule has 0 saturated heterocycles. The Balaban J connectivity index is 2.02. The van der Waals surface area contributed by atoms with Gasteiger partial charge >= 0.3 is 15.6 Å². The zero-order chi connectivity index (χ0) is 20.5. The molecule has 3 rings (SSSR count). The molecule has 0 N–H and O–H groups in total. The summed E-state index contributed by atoms with van der Waals surface area (Å²) in [4.78, 5) is 14.1. The summed E-state index contributed by atoms with van der Waals surface area (Å²) in [6, 6.07) is 17.4. The minimum absolute atomic E-state index is 0.314. The van der Waals surface area contributed by atoms with E-state index < -0.39 is 27.3 Å². The Labute approximate surface area is 159 Å². The van der Waals surface area contributed by atoms with Gasteiger partial charge in [0.15, 0.2) is 5.75 Å². The predicted octanol–water partition coefficient (Wildman–Crippen LogP) is 4.34. The van der Waals surface area contributed by atoms with E-state index in [1.807, 2.05) is 18.2 Å². The number of carbonyl (C=O) groups excluding carboxylic acids is 1. The lowest BCUT2D eigenvalue weighted by Crippen LogP contribution is -2.30. The lowest BCUT2D eigenvalue weighted by molar-refractivity contribution is -0.0500. The second-order valence-electron chi connectivity index (χ2n) is 5.84. The number of fused-ring (bicyclic) bond motifs is 1. The predicted molar refractivity (Wildman–Crippen MR) is 98.7 cm³/mol. The number of nitrogens with zero attached hydrogens (tertiary/aromatic N) is 1. The monoisotopic (exact) mass is 409 g/mol. The number of rotatable bonds is 4. The van der Waals surface area contributed by atoms with Crippen LogP contribution >= 0.6 is 0 Å². The van der Waals surface area contributed by atoms with Crippen LogP contribution in [-0.2, 0) is 10.1 Å². The highest BCUT2D eigenvalue weighted by molar-refractivity contribution is 7.88. The molecule has 0 radical (unpaired) electrons. The summed E-state index contributed by atoms with van der Waals surface area (Å²) >= 11 is 0. The highest BCUT2D eigenvalue weighted by Crippen LogP contribution is 2.31. The van der Waals surface area contributed by atoms with Gasteiger partial charge < -0.3 is 9.08 Å². The fourth-order valence-corrected chi connectivity index (χ4v) is 3.15. The van der Waals surface area contributed by atoms with E-state index >= 15 is 0 Å². The van der Waals surface area contributed by atoms with Gasteiger partial charge in [-0.25, -0.2) is 0 Å². The summed E-state index contributed by atoms with van der Waals surface area (Å²) in [6.07, 6.45) is 0. The van der Waals surface area contributed by atoms with Gasteiger partial charge in [0.2, 0.25) is 0 Å². The largest absolute Gasteiger partial charge is 0.534 e. The standard InChI is InChI=1S/C19H14F3NO4S/c1-23(16-11-6-8-13-7-2-3-9-14(13)16)18(24)15-10-4-5-12-17(15)27-28(25,26)19(20,21)22/h2-12H,1H3. The van der Waals surface area contributed by atoms with E-state index in [4.69, 9.17) is 0 Å². The second-order valence-corrected chi connectivity index (χ2v) is 7.38. The minimum atomic E-state index is -5.90. The van der Waals surface area contributed by atoms with Gasteiger partial charge in [-0.05, 0) is 23.6 Å². The molecule has 146 valence electrons. The zero-order valence-corrected chi connectivity index (χ0v) is 15.3. The average molecular weight is 409 g/mol. The van der Waals surface area contributed by atoms with Crippen LogP contribution in [-0.4, -0.2) is 26.9 Å². The molecule has 0 aliphatic carbocycles. The Hall–Kier alpha value is -3.07. The van der Waals surface area contributed by atoms with Gasteiger partial charge in [-0.1, -0.05) is 48.5 Å². The highest BCUT2D eigenvalue weighted by Gasteiger charge is 2.49. The third-order valence-corrected chi connectivity index (χ3v) is 5.00. The van der Waals surface area contributed by atoms with Crippen LogP contribution in [0, 0.1) is 0 Å². The van der Waals surface area contributed by atoms with E-state index in [0.29, 0.717) is 5.69 Å². The minimum Gasteiger partial charge on any atom is -0.375 e. The first-order valence-corrected chi connectivity index (χ1v) is 9.38. The number of para-hydroxylation sites is 1. The number of halogens is 3. The molecule has 0 aliphatic rings. The van der Waals surface area contributed by atoms with E-state index in [9.17, 15) is 26.4 Å². The summed E-state index contributed by atoms with van der Waals surface area (Å²) < 4.78 is 64.8. The molecule has 3 aromatic rings. The van der Waals surface area contributed by atoms with E-state index in [1.54, 1.807) is 24.3 Å². The highest BCUT2D eigenvalue weighted by atomic mass is 32.2. The number of amides is 1. The van der Waals surface area contributed by atoms with Crippen molar-refractivity contribution in [3.05, 3.63) is 72.3 Å². The summed E-state index contributed by atoms with van der Waals surface area (Å²) in [5, 5.41) is 1.62. The lowest BCUT2D eigenvalue weighted by atomic mass is 10.1. The van der Waals surface area contributed by atoms with Crippen molar-refractivity contribution in [3.8, 4) is 5.75 Å². The molecule has 9 heteroatoms. The Morgan fingerprint density at radius 1 is 0.929 bits per heavy atom. The summed E-state index contributed by atoms with van der Waals surface area (Å²) in [5.74, 6) is -1.42. The van der Waals surface area contributed by atoms with Crippen molar-refractivity contribution in [2.75, 3.05) is 11.9 Å². The van der Waals surface area contributed by atoms with Crippen molar-refractivity contribution >= 4 is 32.5 Å². The smallest absolute Gasteiger partial charge is 0.375 e. The first kappa shape index (κ1) is 19.7. The third kappa shape index (κ3) is 3.65. The maximum absolute atomic E-state index is 12.9. The first-order chi connectivity index (χ1) is 13.1. The number of carbonyl (C=O) groups is 1. The average Bonchev–Trinajstić information content (AvgIpc) is 2.65. The molecule has 3 aromatic carbocycles. The maximum Gasteiger partial charge on any atom is 0.534 e. The fourth-order valence-electron chi connectivity index (χ4n) is 2.67. The van der Waals surface area contributed by atoms with Crippen LogP contribution in [0.25, 0.3) is 10.8 Å². The van der Waals surface area contributed by atoms with Crippen molar-refractivity contribution in [2.24, 2.45) is 0 Å². The van der Waals surface area contributed by atoms with Crippen LogP contribution in [0.3, 0.4) is 0 Å². The quantitative estimate of drug-likeness (QED) is 0.475. The van der Waals surface area contributed by atoms with Crippen LogP contribution in [0.4, 0.5) is 18.9 Å². The van der Waals surface area contributed by atoms with Gasteiger partial charge in [-0.3, -0.25) is 4.79 Å². The number of benzene rings is 3. The van der Waals surface area contributed by atoms with Crippen LogP contribution < -0.4 is 9.08 Å². The maximum atomic E-state index is 12.9. The van der Waals surface area contributed by atoms with Gasteiger partial charge in [0, 0.05) is 12.4 Å². The molecule has 0 unspecified atom stereocenters. The van der Waals surface area contributed by atoms with Gasteiger partial charge in [0.1, 0.15) is 0 Å². The SMILES string of the molecule is CN(C(=O)c1ccccc1OS(=O)(=O)C(F)(F)F)c1cccc2ccccc12. The van der Waals surface area contributed by atoms with Gasteiger partial charge in [-0.15, -0.1) is 0 Å². The summed E-state index contributed by atoms with van der Waals surface area (Å²) in [7, 11) is -4.46. The van der Waals surface area contributed by atoms with E-state index in [2.05, 4.69) is 4.18 Å². The summed E-state index contributed by atoms with van der Waals surface area (Å²) in [6.45, 7) is 0. The first-order valence-electron chi connectivity index (χ1n) is 7.97. The van der Waals surface area contributed by atoms with Crippen LogP contribution in [0.1, 0.15) is 10.4 Å². The lowest BCUT2D eigenvalue weighted by Gasteiger charge is -2.21. The molecular weight excluding hydrogens is 395 g/mol. The Morgan fingerprint density at radius 2 is 1.54 bits per heavy atom. The van der Waals surface area contributed by atoms with E-state index in [-0.39, 0.29) is 5.56 Å².